The van der Waals surface area contributed by atoms with Crippen molar-refractivity contribution in [2.75, 3.05) is 24.1 Å². The molecule has 5 N–H and O–H groups in total. The van der Waals surface area contributed by atoms with E-state index in [0.717, 1.165) is 6.26 Å². The zero-order valence-electron chi connectivity index (χ0n) is 17.6. The van der Waals surface area contributed by atoms with Crippen LogP contribution in [0.1, 0.15) is 11.8 Å². The summed E-state index contributed by atoms with van der Waals surface area (Å²) in [4.78, 5) is 30.7. The molecule has 3 rings (SSSR count). The third-order valence-electron chi connectivity index (χ3n) is 4.47. The normalized spacial score (nSPS) is 12.9. The molecule has 0 saturated heterocycles. The number of esters is 1. The number of anilines is 1. The van der Waals surface area contributed by atoms with Gasteiger partial charge >= 0.3 is 12.1 Å². The summed E-state index contributed by atoms with van der Waals surface area (Å²) >= 11 is 0. The van der Waals surface area contributed by atoms with E-state index < -0.39 is 34.2 Å². The summed E-state index contributed by atoms with van der Waals surface area (Å²) in [5.74, 6) is -3.52. The molecule has 1 atom stereocenters. The number of alkyl halides is 3. The zero-order chi connectivity index (χ0) is 25.1. The van der Waals surface area contributed by atoms with Crippen LogP contribution in [0.5, 0.6) is 0 Å². The summed E-state index contributed by atoms with van der Waals surface area (Å²) in [6.45, 7) is -0.0231. The van der Waals surface area contributed by atoms with Crippen LogP contribution in [-0.4, -0.2) is 55.8 Å². The van der Waals surface area contributed by atoms with E-state index in [1.165, 1.54) is 24.4 Å². The van der Waals surface area contributed by atoms with E-state index >= 15 is 0 Å². The first kappa shape index (κ1) is 25.0. The van der Waals surface area contributed by atoms with Crippen molar-refractivity contribution in [1.29, 1.82) is 0 Å². The number of benzene rings is 1. The number of hydrogen-bond acceptors (Lipinski definition) is 7. The van der Waals surface area contributed by atoms with Crippen molar-refractivity contribution in [3.8, 4) is 11.1 Å². The Morgan fingerprint density at radius 3 is 2.47 bits per heavy atom. The van der Waals surface area contributed by atoms with Crippen molar-refractivity contribution in [2.45, 2.75) is 12.3 Å². The molecule has 0 aliphatic heterocycles. The summed E-state index contributed by atoms with van der Waals surface area (Å²) in [7, 11) is -3.46. The van der Waals surface area contributed by atoms with Crippen molar-refractivity contribution in [3.05, 3.63) is 48.3 Å². The average molecular weight is 499 g/mol. The van der Waals surface area contributed by atoms with Gasteiger partial charge in [0.15, 0.2) is 0 Å². The van der Waals surface area contributed by atoms with E-state index in [-0.39, 0.29) is 24.4 Å². The molecule has 0 saturated carbocycles. The van der Waals surface area contributed by atoms with Crippen LogP contribution in [-0.2, 0) is 24.3 Å². The molecule has 2 heterocycles. The van der Waals surface area contributed by atoms with E-state index in [2.05, 4.69) is 24.7 Å². The Labute approximate surface area is 191 Å². The Hall–Kier alpha value is -3.65. The monoisotopic (exact) mass is 499 g/mol. The average Bonchev–Trinajstić information content (AvgIpc) is 3.18. The van der Waals surface area contributed by atoms with Crippen molar-refractivity contribution in [3.63, 3.8) is 0 Å². The maximum Gasteiger partial charge on any atom is 0.490 e. The molecule has 0 aliphatic carbocycles. The highest BCUT2D eigenvalue weighted by atomic mass is 32.2. The van der Waals surface area contributed by atoms with Crippen LogP contribution in [0.25, 0.3) is 22.2 Å². The maximum absolute atomic E-state index is 12.8. The number of rotatable bonds is 8. The van der Waals surface area contributed by atoms with Crippen LogP contribution in [0.4, 0.5) is 18.9 Å². The number of amides is 1. The fourth-order valence-corrected chi connectivity index (χ4v) is 3.66. The fraction of sp³-hybridized carbons (Fsp3) is 0.250. The first-order valence-corrected chi connectivity index (χ1v) is 11.6. The SMILES string of the molecule is CS(=O)(=O)Nc1ccc(-c2ccnc3[nH]c(C(OC(=O)C(F)(F)F)C(=O)NCCN)cc23)cc1. The Kier molecular flexibility index (Phi) is 7.12. The molecule has 34 heavy (non-hydrogen) atoms. The molecule has 0 aliphatic rings. The van der Waals surface area contributed by atoms with Gasteiger partial charge in [-0.2, -0.15) is 13.2 Å². The number of halogens is 3. The van der Waals surface area contributed by atoms with Gasteiger partial charge < -0.3 is 20.8 Å². The van der Waals surface area contributed by atoms with Crippen LogP contribution in [0.15, 0.2) is 42.6 Å². The second-order valence-corrected chi connectivity index (χ2v) is 8.91. The van der Waals surface area contributed by atoms with Crippen molar-refractivity contribution >= 4 is 38.6 Å². The van der Waals surface area contributed by atoms with E-state index in [1.54, 1.807) is 18.2 Å². The fourth-order valence-electron chi connectivity index (χ4n) is 3.09. The molecule has 0 fully saturated rings. The standard InChI is InChI=1S/C20H20F3N5O5S/c1-34(31,32)28-12-4-2-11(3-5-12)13-6-8-25-17-14(13)10-15(27-17)16(18(29)26-9-7-24)33-19(30)20(21,22)23/h2-6,8,10,16,28H,7,9,24H2,1H3,(H,25,27)(H,26,29). The second kappa shape index (κ2) is 9.69. The molecular formula is C20H20F3N5O5S. The van der Waals surface area contributed by atoms with Gasteiger partial charge in [0.25, 0.3) is 5.91 Å². The number of carbonyl (C=O) groups excluding carboxylic acids is 2. The van der Waals surface area contributed by atoms with Crippen LogP contribution in [0, 0.1) is 0 Å². The number of aromatic amines is 1. The minimum atomic E-state index is -5.30. The van der Waals surface area contributed by atoms with E-state index in [1.807, 2.05) is 0 Å². The van der Waals surface area contributed by atoms with Crippen LogP contribution in [0.2, 0.25) is 0 Å². The van der Waals surface area contributed by atoms with Crippen LogP contribution < -0.4 is 15.8 Å². The summed E-state index contributed by atoms with van der Waals surface area (Å²) in [6.07, 6.45) is -4.78. The third-order valence-corrected chi connectivity index (χ3v) is 5.08. The van der Waals surface area contributed by atoms with Crippen molar-refractivity contribution in [1.82, 2.24) is 15.3 Å². The van der Waals surface area contributed by atoms with E-state index in [4.69, 9.17) is 5.73 Å². The van der Waals surface area contributed by atoms with Crippen molar-refractivity contribution < 1.29 is 35.9 Å². The predicted molar refractivity (Wildman–Crippen MR) is 117 cm³/mol. The quantitative estimate of drug-likeness (QED) is 0.345. The van der Waals surface area contributed by atoms with Gasteiger partial charge in [0.2, 0.25) is 16.1 Å². The molecular weight excluding hydrogens is 479 g/mol. The molecule has 182 valence electrons. The highest BCUT2D eigenvalue weighted by Gasteiger charge is 2.44. The predicted octanol–water partition coefficient (Wildman–Crippen LogP) is 1.82. The van der Waals surface area contributed by atoms with Gasteiger partial charge in [0, 0.05) is 30.4 Å². The molecule has 14 heteroatoms. The molecule has 1 amide bonds. The number of nitrogens with two attached hydrogens (primary N) is 1. The highest BCUT2D eigenvalue weighted by molar-refractivity contribution is 7.92. The summed E-state index contributed by atoms with van der Waals surface area (Å²) in [6, 6.07) is 9.31. The zero-order valence-corrected chi connectivity index (χ0v) is 18.5. The van der Waals surface area contributed by atoms with Gasteiger partial charge in [-0.25, -0.2) is 18.2 Å². The van der Waals surface area contributed by atoms with Gasteiger partial charge in [0.1, 0.15) is 5.65 Å². The Morgan fingerprint density at radius 2 is 1.88 bits per heavy atom. The minimum Gasteiger partial charge on any atom is -0.439 e. The number of pyridine rings is 1. The minimum absolute atomic E-state index is 0.0221. The molecule has 1 aromatic carbocycles. The first-order chi connectivity index (χ1) is 15.9. The van der Waals surface area contributed by atoms with Gasteiger partial charge in [0.05, 0.1) is 11.9 Å². The molecule has 2 aromatic heterocycles. The molecule has 10 nitrogen and oxygen atoms in total. The van der Waals surface area contributed by atoms with Gasteiger partial charge in [-0.3, -0.25) is 9.52 Å². The number of H-pyrrole nitrogens is 1. The molecule has 1 unspecified atom stereocenters. The molecule has 0 radical (unpaired) electrons. The Balaban J connectivity index is 2.00. The smallest absolute Gasteiger partial charge is 0.439 e. The van der Waals surface area contributed by atoms with Gasteiger partial charge in [-0.05, 0) is 35.4 Å². The molecule has 3 aromatic rings. The number of nitrogens with one attached hydrogen (secondary N) is 3. The molecule has 0 spiro atoms. The Morgan fingerprint density at radius 1 is 1.21 bits per heavy atom. The largest absolute Gasteiger partial charge is 0.490 e. The van der Waals surface area contributed by atoms with E-state index in [9.17, 15) is 31.2 Å². The lowest BCUT2D eigenvalue weighted by Gasteiger charge is -2.17. The summed E-state index contributed by atoms with van der Waals surface area (Å²) in [5.41, 5.74) is 6.97. The topological polar surface area (TPSA) is 156 Å². The number of nitrogens with zero attached hydrogens (tertiary/aromatic N) is 1. The third kappa shape index (κ3) is 6.02. The number of ether oxygens (including phenoxy) is 1. The van der Waals surface area contributed by atoms with Gasteiger partial charge in [-0.15, -0.1) is 0 Å². The van der Waals surface area contributed by atoms with Crippen molar-refractivity contribution in [2.24, 2.45) is 5.73 Å². The van der Waals surface area contributed by atoms with Gasteiger partial charge in [-0.1, -0.05) is 12.1 Å². The molecule has 0 bridgehead atoms. The number of hydrogen-bond donors (Lipinski definition) is 4. The summed E-state index contributed by atoms with van der Waals surface area (Å²) in [5, 5.41) is 2.73. The highest BCUT2D eigenvalue weighted by Crippen LogP contribution is 2.32. The van der Waals surface area contributed by atoms with Crippen LogP contribution in [0.3, 0.4) is 0 Å². The Bertz CT molecular complexity index is 1310. The number of aromatic nitrogens is 2. The first-order valence-electron chi connectivity index (χ1n) is 9.70. The number of sulfonamides is 1. The number of fused-ring (bicyclic) bond motifs is 1. The summed E-state index contributed by atoms with van der Waals surface area (Å²) < 4.78 is 67.9. The second-order valence-electron chi connectivity index (χ2n) is 7.16. The number of carbonyl (C=O) groups is 2. The van der Waals surface area contributed by atoms with Crippen LogP contribution >= 0.6 is 0 Å². The maximum atomic E-state index is 12.8. The van der Waals surface area contributed by atoms with E-state index in [0.29, 0.717) is 22.2 Å². The lowest BCUT2D eigenvalue weighted by Crippen LogP contribution is -2.37. The lowest BCUT2D eigenvalue weighted by molar-refractivity contribution is -0.205. The lowest BCUT2D eigenvalue weighted by atomic mass is 10.0.